The van der Waals surface area contributed by atoms with Crippen LogP contribution in [0.5, 0.6) is 0 Å². The van der Waals surface area contributed by atoms with Gasteiger partial charge in [-0.2, -0.15) is 0 Å². The van der Waals surface area contributed by atoms with Crippen molar-refractivity contribution in [3.05, 3.63) is 0 Å². The number of ketones is 1. The summed E-state index contributed by atoms with van der Waals surface area (Å²) in [5.74, 6) is 1.03. The van der Waals surface area contributed by atoms with Gasteiger partial charge in [0.15, 0.2) is 0 Å². The molecule has 1 saturated carbocycles. The van der Waals surface area contributed by atoms with Crippen molar-refractivity contribution in [2.45, 2.75) is 44.8 Å². The van der Waals surface area contributed by atoms with E-state index in [4.69, 9.17) is 4.74 Å². The zero-order valence-corrected chi connectivity index (χ0v) is 6.88. The van der Waals surface area contributed by atoms with Gasteiger partial charge in [0.05, 0.1) is 12.2 Å². The third-order valence-corrected chi connectivity index (χ3v) is 2.66. The van der Waals surface area contributed by atoms with Gasteiger partial charge in [-0.05, 0) is 25.7 Å². The molecule has 2 rings (SSSR count). The molecule has 2 heteroatoms. The maximum absolute atomic E-state index is 11.1. The number of carbonyl (C=O) groups excluding carboxylic acids is 1. The smallest absolute Gasteiger partial charge is 0.135 e. The molecular formula is C9H14O2. The molecule has 0 amide bonds. The van der Waals surface area contributed by atoms with Crippen molar-refractivity contribution in [3.63, 3.8) is 0 Å². The first kappa shape index (κ1) is 7.29. The molecule has 1 heterocycles. The minimum atomic E-state index is 0.255. The first-order chi connectivity index (χ1) is 5.24. The van der Waals surface area contributed by atoms with Crippen LogP contribution in [0.4, 0.5) is 0 Å². The Labute approximate surface area is 66.9 Å². The molecule has 3 unspecified atom stereocenters. The van der Waals surface area contributed by atoms with Gasteiger partial charge in [0.25, 0.3) is 0 Å². The van der Waals surface area contributed by atoms with Crippen LogP contribution >= 0.6 is 0 Å². The van der Waals surface area contributed by atoms with E-state index >= 15 is 0 Å². The molecule has 3 atom stereocenters. The largest absolute Gasteiger partial charge is 0.375 e. The van der Waals surface area contributed by atoms with Gasteiger partial charge in [-0.15, -0.1) is 0 Å². The predicted octanol–water partition coefficient (Wildman–Crippen LogP) is 1.53. The van der Waals surface area contributed by atoms with E-state index in [0.29, 0.717) is 24.2 Å². The van der Waals surface area contributed by atoms with Crippen LogP contribution in [0.3, 0.4) is 0 Å². The fourth-order valence-electron chi connectivity index (χ4n) is 2.33. The molecule has 0 aromatic heterocycles. The van der Waals surface area contributed by atoms with Crippen molar-refractivity contribution in [2.75, 3.05) is 0 Å². The highest BCUT2D eigenvalue weighted by molar-refractivity contribution is 5.80. The molecule has 1 aliphatic carbocycles. The Morgan fingerprint density at radius 2 is 2.18 bits per heavy atom. The lowest BCUT2D eigenvalue weighted by atomic mass is 9.81. The van der Waals surface area contributed by atoms with E-state index in [1.54, 1.807) is 0 Å². The number of ether oxygens (including phenoxy) is 1. The second-order valence-corrected chi connectivity index (χ2v) is 3.85. The summed E-state index contributed by atoms with van der Waals surface area (Å²) in [5.41, 5.74) is 0. The maximum atomic E-state index is 11.1. The van der Waals surface area contributed by atoms with Gasteiger partial charge in [0, 0.05) is 12.8 Å². The SMILES string of the molecule is CC1CC2CC(=O)CC(C2)O1. The van der Waals surface area contributed by atoms with E-state index in [2.05, 4.69) is 6.92 Å². The topological polar surface area (TPSA) is 26.3 Å². The first-order valence-electron chi connectivity index (χ1n) is 4.41. The fourth-order valence-corrected chi connectivity index (χ4v) is 2.33. The Morgan fingerprint density at radius 1 is 1.36 bits per heavy atom. The van der Waals surface area contributed by atoms with Crippen molar-refractivity contribution in [1.82, 2.24) is 0 Å². The number of hydrogen-bond acceptors (Lipinski definition) is 2. The second-order valence-electron chi connectivity index (χ2n) is 3.85. The molecule has 1 saturated heterocycles. The van der Waals surface area contributed by atoms with Gasteiger partial charge in [-0.1, -0.05) is 0 Å². The Balaban J connectivity index is 2.05. The monoisotopic (exact) mass is 154 g/mol. The number of carbonyl (C=O) groups is 1. The molecule has 0 N–H and O–H groups in total. The zero-order valence-electron chi connectivity index (χ0n) is 6.88. The summed E-state index contributed by atoms with van der Waals surface area (Å²) in [7, 11) is 0. The molecule has 0 spiro atoms. The Kier molecular flexibility index (Phi) is 1.72. The summed E-state index contributed by atoms with van der Waals surface area (Å²) in [4.78, 5) is 11.1. The van der Waals surface area contributed by atoms with Gasteiger partial charge in [0.1, 0.15) is 5.78 Å². The lowest BCUT2D eigenvalue weighted by molar-refractivity contribution is -0.136. The number of hydrogen-bond donors (Lipinski definition) is 0. The summed E-state index contributed by atoms with van der Waals surface area (Å²) in [6.45, 7) is 2.11. The van der Waals surface area contributed by atoms with Crippen LogP contribution < -0.4 is 0 Å². The zero-order chi connectivity index (χ0) is 7.84. The van der Waals surface area contributed by atoms with Gasteiger partial charge in [0.2, 0.25) is 0 Å². The van der Waals surface area contributed by atoms with Crippen LogP contribution in [-0.4, -0.2) is 18.0 Å². The molecule has 0 aromatic rings. The van der Waals surface area contributed by atoms with Crippen LogP contribution in [0.1, 0.15) is 32.6 Å². The standard InChI is InChI=1S/C9H14O2/c1-6-2-7-3-8(10)5-9(4-7)11-6/h6-7,9H,2-5H2,1H3. The van der Waals surface area contributed by atoms with E-state index in [-0.39, 0.29) is 6.10 Å². The Bertz CT molecular complexity index is 156. The van der Waals surface area contributed by atoms with Crippen LogP contribution in [0.25, 0.3) is 0 Å². The van der Waals surface area contributed by atoms with Crippen molar-refractivity contribution in [1.29, 1.82) is 0 Å². The van der Waals surface area contributed by atoms with E-state index in [9.17, 15) is 4.79 Å². The van der Waals surface area contributed by atoms with E-state index in [1.165, 1.54) is 0 Å². The highest BCUT2D eigenvalue weighted by atomic mass is 16.5. The lowest BCUT2D eigenvalue weighted by Gasteiger charge is -2.37. The average molecular weight is 154 g/mol. The van der Waals surface area contributed by atoms with E-state index < -0.39 is 0 Å². The summed E-state index contributed by atoms with van der Waals surface area (Å²) >= 11 is 0. The minimum absolute atomic E-state index is 0.255. The number of Topliss-reactive ketones (excluding diaryl/α,β-unsaturated/α-hetero) is 1. The maximum Gasteiger partial charge on any atom is 0.135 e. The van der Waals surface area contributed by atoms with E-state index in [0.717, 1.165) is 19.3 Å². The fraction of sp³-hybridized carbons (Fsp3) is 0.889. The molecule has 1 aliphatic heterocycles. The lowest BCUT2D eigenvalue weighted by Crippen LogP contribution is -2.38. The summed E-state index contributed by atoms with van der Waals surface area (Å²) in [6.07, 6.45) is 4.32. The van der Waals surface area contributed by atoms with Gasteiger partial charge >= 0.3 is 0 Å². The summed E-state index contributed by atoms with van der Waals surface area (Å²) < 4.78 is 5.61. The molecule has 0 radical (unpaired) electrons. The Morgan fingerprint density at radius 3 is 2.91 bits per heavy atom. The van der Waals surface area contributed by atoms with Gasteiger partial charge in [-0.25, -0.2) is 0 Å². The van der Waals surface area contributed by atoms with Gasteiger partial charge < -0.3 is 4.74 Å². The predicted molar refractivity (Wildman–Crippen MR) is 41.3 cm³/mol. The number of fused-ring (bicyclic) bond motifs is 2. The molecule has 2 aliphatic rings. The summed E-state index contributed by atoms with van der Waals surface area (Å²) in [6, 6.07) is 0. The average Bonchev–Trinajstić information content (AvgIpc) is 1.82. The molecule has 2 nitrogen and oxygen atoms in total. The molecule has 0 aromatic carbocycles. The summed E-state index contributed by atoms with van der Waals surface area (Å²) in [5, 5.41) is 0. The first-order valence-corrected chi connectivity index (χ1v) is 4.41. The van der Waals surface area contributed by atoms with Crippen molar-refractivity contribution < 1.29 is 9.53 Å². The Hall–Kier alpha value is -0.370. The third-order valence-electron chi connectivity index (χ3n) is 2.66. The molecule has 2 bridgehead atoms. The van der Waals surface area contributed by atoms with E-state index in [1.807, 2.05) is 0 Å². The van der Waals surface area contributed by atoms with Crippen LogP contribution in [0.15, 0.2) is 0 Å². The van der Waals surface area contributed by atoms with Crippen molar-refractivity contribution in [2.24, 2.45) is 5.92 Å². The number of rotatable bonds is 0. The van der Waals surface area contributed by atoms with Gasteiger partial charge in [-0.3, -0.25) is 4.79 Å². The van der Waals surface area contributed by atoms with Crippen LogP contribution in [-0.2, 0) is 9.53 Å². The molecule has 62 valence electrons. The quantitative estimate of drug-likeness (QED) is 0.529. The molecule has 11 heavy (non-hydrogen) atoms. The third kappa shape index (κ3) is 1.45. The highest BCUT2D eigenvalue weighted by Gasteiger charge is 2.34. The normalized spacial score (nSPS) is 44.1. The highest BCUT2D eigenvalue weighted by Crippen LogP contribution is 2.33. The molecule has 2 fully saturated rings. The van der Waals surface area contributed by atoms with Crippen molar-refractivity contribution >= 4 is 5.78 Å². The van der Waals surface area contributed by atoms with Crippen LogP contribution in [0.2, 0.25) is 0 Å². The van der Waals surface area contributed by atoms with Crippen LogP contribution in [0, 0.1) is 5.92 Å². The molecular weight excluding hydrogens is 140 g/mol. The van der Waals surface area contributed by atoms with Crippen molar-refractivity contribution in [3.8, 4) is 0 Å². The minimum Gasteiger partial charge on any atom is -0.375 e. The second kappa shape index (κ2) is 2.59.